The molecular formula is C14H14N2OS. The van der Waals surface area contributed by atoms with E-state index in [-0.39, 0.29) is 5.91 Å². The van der Waals surface area contributed by atoms with E-state index in [2.05, 4.69) is 10.3 Å². The summed E-state index contributed by atoms with van der Waals surface area (Å²) in [6.45, 7) is 1.91. The van der Waals surface area contributed by atoms with Crippen LogP contribution in [0.15, 0.2) is 30.3 Å². The topological polar surface area (TPSA) is 42.0 Å². The molecule has 1 heterocycles. The van der Waals surface area contributed by atoms with Crippen molar-refractivity contribution in [3.05, 3.63) is 45.9 Å². The van der Waals surface area contributed by atoms with E-state index < -0.39 is 0 Å². The molecule has 0 atom stereocenters. The van der Waals surface area contributed by atoms with E-state index in [4.69, 9.17) is 0 Å². The average Bonchev–Trinajstić information content (AvgIpc) is 3.14. The van der Waals surface area contributed by atoms with E-state index in [1.165, 1.54) is 24.2 Å². The van der Waals surface area contributed by atoms with Crippen molar-refractivity contribution in [2.75, 3.05) is 5.32 Å². The number of nitrogens with zero attached hydrogens (tertiary/aromatic N) is 1. The summed E-state index contributed by atoms with van der Waals surface area (Å²) in [6, 6.07) is 9.51. The van der Waals surface area contributed by atoms with E-state index in [0.29, 0.717) is 5.92 Å². The second kappa shape index (κ2) is 4.53. The molecule has 0 unspecified atom stereocenters. The number of aromatic nitrogens is 1. The molecular weight excluding hydrogens is 244 g/mol. The lowest BCUT2D eigenvalue weighted by Crippen LogP contribution is -2.11. The molecule has 0 saturated heterocycles. The number of benzene rings is 1. The molecule has 92 valence electrons. The highest BCUT2D eigenvalue weighted by Gasteiger charge is 2.28. The quantitative estimate of drug-likeness (QED) is 0.914. The zero-order valence-corrected chi connectivity index (χ0v) is 11.0. The molecule has 1 aromatic heterocycles. The van der Waals surface area contributed by atoms with Crippen molar-refractivity contribution in [2.45, 2.75) is 25.7 Å². The maximum absolute atomic E-state index is 12.2. The Kier molecular flexibility index (Phi) is 2.88. The van der Waals surface area contributed by atoms with Crippen molar-refractivity contribution >= 4 is 22.9 Å². The number of para-hydroxylation sites is 1. The van der Waals surface area contributed by atoms with Gasteiger partial charge in [0.15, 0.2) is 0 Å². The van der Waals surface area contributed by atoms with Crippen LogP contribution in [0.25, 0.3) is 0 Å². The SMILES string of the molecule is Cc1nc(C2CC2)sc1C(=O)Nc1ccccc1. The number of amides is 1. The second-order valence-corrected chi connectivity index (χ2v) is 5.59. The Hall–Kier alpha value is -1.68. The van der Waals surface area contributed by atoms with Gasteiger partial charge in [-0.2, -0.15) is 0 Å². The smallest absolute Gasteiger partial charge is 0.267 e. The molecule has 0 bridgehead atoms. The van der Waals surface area contributed by atoms with Crippen molar-refractivity contribution in [3.63, 3.8) is 0 Å². The number of nitrogens with one attached hydrogen (secondary N) is 1. The van der Waals surface area contributed by atoms with E-state index in [0.717, 1.165) is 21.3 Å². The third kappa shape index (κ3) is 2.29. The summed E-state index contributed by atoms with van der Waals surface area (Å²) >= 11 is 1.53. The van der Waals surface area contributed by atoms with Gasteiger partial charge in [-0.1, -0.05) is 18.2 Å². The molecule has 0 aliphatic heterocycles. The molecule has 1 amide bonds. The van der Waals surface area contributed by atoms with Crippen LogP contribution >= 0.6 is 11.3 Å². The molecule has 0 spiro atoms. The minimum Gasteiger partial charge on any atom is -0.321 e. The first-order valence-electron chi connectivity index (χ1n) is 6.08. The molecule has 18 heavy (non-hydrogen) atoms. The maximum atomic E-state index is 12.2. The van der Waals surface area contributed by atoms with Gasteiger partial charge in [-0.05, 0) is 31.9 Å². The fourth-order valence-corrected chi connectivity index (χ4v) is 2.97. The molecule has 1 aromatic carbocycles. The van der Waals surface area contributed by atoms with E-state index in [1.54, 1.807) is 0 Å². The fourth-order valence-electron chi connectivity index (χ4n) is 1.84. The Morgan fingerprint density at radius 2 is 2.06 bits per heavy atom. The zero-order chi connectivity index (χ0) is 12.5. The molecule has 1 saturated carbocycles. The second-order valence-electron chi connectivity index (χ2n) is 4.56. The van der Waals surface area contributed by atoms with Gasteiger partial charge in [0.2, 0.25) is 0 Å². The summed E-state index contributed by atoms with van der Waals surface area (Å²) in [6.07, 6.45) is 2.43. The van der Waals surface area contributed by atoms with E-state index in [9.17, 15) is 4.79 Å². The largest absolute Gasteiger partial charge is 0.321 e. The van der Waals surface area contributed by atoms with Gasteiger partial charge in [0, 0.05) is 11.6 Å². The Labute approximate surface area is 110 Å². The Morgan fingerprint density at radius 3 is 2.72 bits per heavy atom. The van der Waals surface area contributed by atoms with Crippen molar-refractivity contribution in [1.82, 2.24) is 4.98 Å². The summed E-state index contributed by atoms with van der Waals surface area (Å²) in [4.78, 5) is 17.4. The molecule has 4 heteroatoms. The standard InChI is InChI=1S/C14H14N2OS/c1-9-12(18-14(15-9)10-7-8-10)13(17)16-11-5-3-2-4-6-11/h2-6,10H,7-8H2,1H3,(H,16,17). The highest BCUT2D eigenvalue weighted by molar-refractivity contribution is 7.14. The third-order valence-corrected chi connectivity index (χ3v) is 4.30. The maximum Gasteiger partial charge on any atom is 0.267 e. The Balaban J connectivity index is 1.79. The van der Waals surface area contributed by atoms with Gasteiger partial charge in [0.1, 0.15) is 4.88 Å². The first kappa shape index (κ1) is 11.4. The van der Waals surface area contributed by atoms with Crippen LogP contribution in [0.3, 0.4) is 0 Å². The lowest BCUT2D eigenvalue weighted by atomic mass is 10.3. The Bertz CT molecular complexity index is 573. The average molecular weight is 258 g/mol. The number of carbonyl (C=O) groups is 1. The first-order chi connectivity index (χ1) is 8.74. The van der Waals surface area contributed by atoms with Gasteiger partial charge in [0.25, 0.3) is 5.91 Å². The third-order valence-electron chi connectivity index (χ3n) is 2.98. The Morgan fingerprint density at radius 1 is 1.33 bits per heavy atom. The van der Waals surface area contributed by atoms with Crippen LogP contribution in [-0.2, 0) is 0 Å². The molecule has 3 nitrogen and oxygen atoms in total. The number of hydrogen-bond donors (Lipinski definition) is 1. The van der Waals surface area contributed by atoms with Crippen LogP contribution < -0.4 is 5.32 Å². The highest BCUT2D eigenvalue weighted by atomic mass is 32.1. The lowest BCUT2D eigenvalue weighted by molar-refractivity contribution is 0.103. The van der Waals surface area contributed by atoms with Crippen LogP contribution in [-0.4, -0.2) is 10.9 Å². The van der Waals surface area contributed by atoms with Crippen LogP contribution in [0.2, 0.25) is 0 Å². The summed E-state index contributed by atoms with van der Waals surface area (Å²) < 4.78 is 0. The minimum atomic E-state index is -0.0527. The van der Waals surface area contributed by atoms with Crippen LogP contribution in [0.5, 0.6) is 0 Å². The molecule has 1 fully saturated rings. The molecule has 2 aromatic rings. The summed E-state index contributed by atoms with van der Waals surface area (Å²) in [5, 5.41) is 4.02. The number of carbonyl (C=O) groups excluding carboxylic acids is 1. The van der Waals surface area contributed by atoms with Crippen molar-refractivity contribution in [1.29, 1.82) is 0 Å². The molecule has 1 N–H and O–H groups in total. The molecule has 1 aliphatic rings. The number of aryl methyl sites for hydroxylation is 1. The number of hydrogen-bond acceptors (Lipinski definition) is 3. The molecule has 0 radical (unpaired) electrons. The molecule has 3 rings (SSSR count). The molecule has 1 aliphatic carbocycles. The lowest BCUT2D eigenvalue weighted by Gasteiger charge is -2.02. The van der Waals surface area contributed by atoms with Crippen molar-refractivity contribution in [2.24, 2.45) is 0 Å². The number of thiazole rings is 1. The summed E-state index contributed by atoms with van der Waals surface area (Å²) in [5.74, 6) is 0.551. The predicted octanol–water partition coefficient (Wildman–Crippen LogP) is 3.58. The van der Waals surface area contributed by atoms with Gasteiger partial charge in [-0.15, -0.1) is 11.3 Å². The predicted molar refractivity (Wildman–Crippen MR) is 73.2 cm³/mol. The summed E-state index contributed by atoms with van der Waals surface area (Å²) in [7, 11) is 0. The monoisotopic (exact) mass is 258 g/mol. The minimum absolute atomic E-state index is 0.0527. The normalized spacial score (nSPS) is 14.5. The number of anilines is 1. The van der Waals surface area contributed by atoms with Crippen LogP contribution in [0.4, 0.5) is 5.69 Å². The van der Waals surface area contributed by atoms with Crippen molar-refractivity contribution in [3.8, 4) is 0 Å². The fraction of sp³-hybridized carbons (Fsp3) is 0.286. The number of rotatable bonds is 3. The van der Waals surface area contributed by atoms with Crippen LogP contribution in [0.1, 0.15) is 39.1 Å². The van der Waals surface area contributed by atoms with Gasteiger partial charge in [-0.25, -0.2) is 4.98 Å². The van der Waals surface area contributed by atoms with E-state index in [1.807, 2.05) is 37.3 Å². The van der Waals surface area contributed by atoms with Gasteiger partial charge >= 0.3 is 0 Å². The first-order valence-corrected chi connectivity index (χ1v) is 6.89. The van der Waals surface area contributed by atoms with Gasteiger partial charge in [-0.3, -0.25) is 4.79 Å². The summed E-state index contributed by atoms with van der Waals surface area (Å²) in [5.41, 5.74) is 1.67. The highest BCUT2D eigenvalue weighted by Crippen LogP contribution is 2.42. The van der Waals surface area contributed by atoms with Crippen molar-refractivity contribution < 1.29 is 4.79 Å². The van der Waals surface area contributed by atoms with E-state index >= 15 is 0 Å². The van der Waals surface area contributed by atoms with Crippen LogP contribution in [0, 0.1) is 6.92 Å². The zero-order valence-electron chi connectivity index (χ0n) is 10.1. The van der Waals surface area contributed by atoms with Gasteiger partial charge in [0.05, 0.1) is 10.7 Å². The van der Waals surface area contributed by atoms with Gasteiger partial charge < -0.3 is 5.32 Å².